The number of aryl methyl sites for hydroxylation is 2. The summed E-state index contributed by atoms with van der Waals surface area (Å²) in [7, 11) is 0. The first-order valence-electron chi connectivity index (χ1n) is 7.47. The maximum Gasteiger partial charge on any atom is 0.0425 e. The summed E-state index contributed by atoms with van der Waals surface area (Å²) in [6.07, 6.45) is 2.39. The molecule has 0 spiro atoms. The molecule has 0 bridgehead atoms. The molecule has 2 rings (SSSR count). The fourth-order valence-corrected chi connectivity index (χ4v) is 3.42. The van der Waals surface area contributed by atoms with Crippen molar-refractivity contribution in [2.45, 2.75) is 40.5 Å². The van der Waals surface area contributed by atoms with Gasteiger partial charge in [0, 0.05) is 18.8 Å². The molecule has 19 heavy (non-hydrogen) atoms. The van der Waals surface area contributed by atoms with E-state index in [1.54, 1.807) is 0 Å². The van der Waals surface area contributed by atoms with Crippen LogP contribution in [0.15, 0.2) is 18.2 Å². The second-order valence-corrected chi connectivity index (χ2v) is 6.70. The lowest BCUT2D eigenvalue weighted by Gasteiger charge is -2.45. The molecule has 1 unspecified atom stereocenters. The standard InChI is InChI=1S/C17H28N2/c1-13-6-5-7-14(2)16(13)19-11-9-17(3,4)15(12-19)8-10-18/h5-7,15H,8-12,18H2,1-4H3. The van der Waals surface area contributed by atoms with Gasteiger partial charge >= 0.3 is 0 Å². The van der Waals surface area contributed by atoms with Crippen LogP contribution >= 0.6 is 0 Å². The van der Waals surface area contributed by atoms with Gasteiger partial charge in [-0.15, -0.1) is 0 Å². The molecule has 0 radical (unpaired) electrons. The Morgan fingerprint density at radius 1 is 1.26 bits per heavy atom. The molecule has 0 aliphatic carbocycles. The first kappa shape index (κ1) is 14.4. The van der Waals surface area contributed by atoms with Crippen LogP contribution in [0.25, 0.3) is 0 Å². The van der Waals surface area contributed by atoms with Crippen LogP contribution in [0.1, 0.15) is 37.8 Å². The van der Waals surface area contributed by atoms with Crippen LogP contribution in [0.3, 0.4) is 0 Å². The Morgan fingerprint density at radius 2 is 1.89 bits per heavy atom. The van der Waals surface area contributed by atoms with Gasteiger partial charge in [0.15, 0.2) is 0 Å². The molecule has 2 nitrogen and oxygen atoms in total. The Labute approximate surface area is 118 Å². The van der Waals surface area contributed by atoms with Crippen molar-refractivity contribution >= 4 is 5.69 Å². The number of hydrogen-bond acceptors (Lipinski definition) is 2. The van der Waals surface area contributed by atoms with Crippen molar-refractivity contribution in [2.24, 2.45) is 17.1 Å². The zero-order valence-corrected chi connectivity index (χ0v) is 12.9. The molecule has 2 N–H and O–H groups in total. The van der Waals surface area contributed by atoms with Gasteiger partial charge in [-0.3, -0.25) is 0 Å². The molecule has 1 fully saturated rings. The van der Waals surface area contributed by atoms with Gasteiger partial charge in [0.1, 0.15) is 0 Å². The van der Waals surface area contributed by atoms with E-state index < -0.39 is 0 Å². The van der Waals surface area contributed by atoms with E-state index in [4.69, 9.17) is 5.73 Å². The monoisotopic (exact) mass is 260 g/mol. The van der Waals surface area contributed by atoms with E-state index in [9.17, 15) is 0 Å². The fourth-order valence-electron chi connectivity index (χ4n) is 3.42. The summed E-state index contributed by atoms with van der Waals surface area (Å²) < 4.78 is 0. The van der Waals surface area contributed by atoms with E-state index in [2.05, 4.69) is 50.8 Å². The van der Waals surface area contributed by atoms with Crippen LogP contribution in [-0.2, 0) is 0 Å². The Hall–Kier alpha value is -1.02. The number of piperidine rings is 1. The zero-order chi connectivity index (χ0) is 14.0. The van der Waals surface area contributed by atoms with E-state index in [1.807, 2.05) is 0 Å². The van der Waals surface area contributed by atoms with Gasteiger partial charge in [0.25, 0.3) is 0 Å². The summed E-state index contributed by atoms with van der Waals surface area (Å²) in [5.41, 5.74) is 10.5. The van der Waals surface area contributed by atoms with Crippen molar-refractivity contribution < 1.29 is 0 Å². The smallest absolute Gasteiger partial charge is 0.0425 e. The molecule has 1 heterocycles. The van der Waals surface area contributed by atoms with Crippen molar-refractivity contribution in [1.82, 2.24) is 0 Å². The largest absolute Gasteiger partial charge is 0.371 e. The highest BCUT2D eigenvalue weighted by Crippen LogP contribution is 2.40. The van der Waals surface area contributed by atoms with Gasteiger partial charge in [0.2, 0.25) is 0 Å². The quantitative estimate of drug-likeness (QED) is 0.901. The van der Waals surface area contributed by atoms with E-state index in [-0.39, 0.29) is 0 Å². The molecule has 106 valence electrons. The van der Waals surface area contributed by atoms with E-state index in [1.165, 1.54) is 29.8 Å². The third-order valence-corrected chi connectivity index (χ3v) is 4.84. The highest BCUT2D eigenvalue weighted by atomic mass is 15.1. The van der Waals surface area contributed by atoms with E-state index in [0.29, 0.717) is 11.3 Å². The Kier molecular flexibility index (Phi) is 4.19. The number of benzene rings is 1. The summed E-state index contributed by atoms with van der Waals surface area (Å²) in [5.74, 6) is 0.699. The van der Waals surface area contributed by atoms with Crippen molar-refractivity contribution in [2.75, 3.05) is 24.5 Å². The first-order chi connectivity index (χ1) is 8.95. The van der Waals surface area contributed by atoms with Crippen LogP contribution in [-0.4, -0.2) is 19.6 Å². The van der Waals surface area contributed by atoms with Crippen LogP contribution in [0.4, 0.5) is 5.69 Å². The van der Waals surface area contributed by atoms with Gasteiger partial charge in [-0.1, -0.05) is 32.0 Å². The normalized spacial score (nSPS) is 22.6. The molecule has 1 atom stereocenters. The number of nitrogens with zero attached hydrogens (tertiary/aromatic N) is 1. The number of para-hydroxylation sites is 1. The van der Waals surface area contributed by atoms with Crippen molar-refractivity contribution in [1.29, 1.82) is 0 Å². The van der Waals surface area contributed by atoms with E-state index in [0.717, 1.165) is 19.5 Å². The molecule has 1 aromatic rings. The fraction of sp³-hybridized carbons (Fsp3) is 0.647. The molecule has 0 amide bonds. The summed E-state index contributed by atoms with van der Waals surface area (Å²) in [4.78, 5) is 2.58. The van der Waals surface area contributed by atoms with Crippen molar-refractivity contribution in [3.8, 4) is 0 Å². The number of hydrogen-bond donors (Lipinski definition) is 1. The Balaban J connectivity index is 2.23. The maximum atomic E-state index is 5.81. The number of nitrogens with two attached hydrogens (primary N) is 1. The molecule has 0 aromatic heterocycles. The second kappa shape index (κ2) is 5.54. The topological polar surface area (TPSA) is 29.3 Å². The number of rotatable bonds is 3. The lowest BCUT2D eigenvalue weighted by atomic mass is 9.71. The van der Waals surface area contributed by atoms with Gasteiger partial charge in [-0.25, -0.2) is 0 Å². The lowest BCUT2D eigenvalue weighted by Crippen LogP contribution is -2.46. The molecule has 1 aliphatic rings. The lowest BCUT2D eigenvalue weighted by molar-refractivity contribution is 0.163. The second-order valence-electron chi connectivity index (χ2n) is 6.70. The van der Waals surface area contributed by atoms with Crippen molar-refractivity contribution in [3.05, 3.63) is 29.3 Å². The predicted octanol–water partition coefficient (Wildman–Crippen LogP) is 3.50. The minimum Gasteiger partial charge on any atom is -0.371 e. The van der Waals surface area contributed by atoms with Gasteiger partial charge < -0.3 is 10.6 Å². The van der Waals surface area contributed by atoms with Crippen LogP contribution in [0.5, 0.6) is 0 Å². The average molecular weight is 260 g/mol. The third kappa shape index (κ3) is 2.94. The molecule has 1 saturated heterocycles. The zero-order valence-electron chi connectivity index (χ0n) is 12.9. The maximum absolute atomic E-state index is 5.81. The molecular formula is C17H28N2. The van der Waals surface area contributed by atoms with Crippen LogP contribution in [0.2, 0.25) is 0 Å². The summed E-state index contributed by atoms with van der Waals surface area (Å²) in [6, 6.07) is 6.60. The molecular weight excluding hydrogens is 232 g/mol. The minimum absolute atomic E-state index is 0.423. The Bertz CT molecular complexity index is 417. The molecule has 0 saturated carbocycles. The highest BCUT2D eigenvalue weighted by Gasteiger charge is 2.35. The molecule has 1 aliphatic heterocycles. The average Bonchev–Trinajstić information content (AvgIpc) is 2.33. The summed E-state index contributed by atoms with van der Waals surface area (Å²) >= 11 is 0. The minimum atomic E-state index is 0.423. The van der Waals surface area contributed by atoms with Gasteiger partial charge in [-0.05, 0) is 55.7 Å². The predicted molar refractivity (Wildman–Crippen MR) is 83.7 cm³/mol. The SMILES string of the molecule is Cc1cccc(C)c1N1CCC(C)(C)C(CCN)C1. The van der Waals surface area contributed by atoms with Gasteiger partial charge in [-0.2, -0.15) is 0 Å². The third-order valence-electron chi connectivity index (χ3n) is 4.84. The van der Waals surface area contributed by atoms with E-state index >= 15 is 0 Å². The van der Waals surface area contributed by atoms with Crippen LogP contribution < -0.4 is 10.6 Å². The Morgan fingerprint density at radius 3 is 2.47 bits per heavy atom. The van der Waals surface area contributed by atoms with Gasteiger partial charge in [0.05, 0.1) is 0 Å². The molecule has 2 heteroatoms. The number of anilines is 1. The summed E-state index contributed by atoms with van der Waals surface area (Å²) in [5, 5.41) is 0. The van der Waals surface area contributed by atoms with Crippen LogP contribution in [0, 0.1) is 25.2 Å². The molecule has 1 aromatic carbocycles. The summed E-state index contributed by atoms with van der Waals surface area (Å²) in [6.45, 7) is 12.4. The highest BCUT2D eigenvalue weighted by molar-refractivity contribution is 5.59. The first-order valence-corrected chi connectivity index (χ1v) is 7.47. The van der Waals surface area contributed by atoms with Crippen molar-refractivity contribution in [3.63, 3.8) is 0 Å².